The van der Waals surface area contributed by atoms with E-state index in [1.165, 1.54) is 12.1 Å². The van der Waals surface area contributed by atoms with Gasteiger partial charge in [0.25, 0.3) is 0 Å². The second-order valence-corrected chi connectivity index (χ2v) is 4.02. The van der Waals surface area contributed by atoms with Crippen LogP contribution in [0.25, 0.3) is 0 Å². The van der Waals surface area contributed by atoms with Gasteiger partial charge in [-0.2, -0.15) is 0 Å². The molecule has 0 aromatic heterocycles. The molecular weight excluding hydrogens is 231 g/mol. The van der Waals surface area contributed by atoms with Crippen LogP contribution in [-0.2, 0) is 6.61 Å². The number of aryl methyl sites for hydroxylation is 1. The summed E-state index contributed by atoms with van der Waals surface area (Å²) in [6.07, 6.45) is 0.744. The molecule has 2 aromatic carbocycles. The summed E-state index contributed by atoms with van der Waals surface area (Å²) in [7, 11) is 0. The lowest BCUT2D eigenvalue weighted by Gasteiger charge is -2.10. The fourth-order valence-electron chi connectivity index (χ4n) is 1.66. The Labute approximate surface area is 105 Å². The molecule has 0 saturated carbocycles. The lowest BCUT2D eigenvalue weighted by molar-refractivity contribution is 0.111. The quantitative estimate of drug-likeness (QED) is 0.769. The Kier molecular flexibility index (Phi) is 3.72. The minimum atomic E-state index is -0.289. The van der Waals surface area contributed by atoms with E-state index in [1.54, 1.807) is 30.3 Å². The molecule has 0 saturated heterocycles. The number of hydrogen-bond donors (Lipinski definition) is 0. The Morgan fingerprint density at radius 3 is 2.78 bits per heavy atom. The number of benzene rings is 2. The summed E-state index contributed by atoms with van der Waals surface area (Å²) in [6, 6.07) is 11.5. The summed E-state index contributed by atoms with van der Waals surface area (Å²) >= 11 is 0. The van der Waals surface area contributed by atoms with Gasteiger partial charge >= 0.3 is 0 Å². The second kappa shape index (κ2) is 5.45. The lowest BCUT2D eigenvalue weighted by atomic mass is 10.1. The van der Waals surface area contributed by atoms with Gasteiger partial charge in [-0.1, -0.05) is 18.2 Å². The van der Waals surface area contributed by atoms with Gasteiger partial charge in [0.05, 0.1) is 5.56 Å². The average molecular weight is 244 g/mol. The van der Waals surface area contributed by atoms with Crippen LogP contribution in [0.5, 0.6) is 5.75 Å². The summed E-state index contributed by atoms with van der Waals surface area (Å²) in [4.78, 5) is 10.8. The van der Waals surface area contributed by atoms with E-state index in [9.17, 15) is 9.18 Å². The molecule has 0 fully saturated rings. The Morgan fingerprint density at radius 2 is 2.00 bits per heavy atom. The molecule has 0 atom stereocenters. The van der Waals surface area contributed by atoms with Crippen LogP contribution in [0.2, 0.25) is 0 Å². The maximum absolute atomic E-state index is 13.1. The van der Waals surface area contributed by atoms with Gasteiger partial charge in [0.1, 0.15) is 18.2 Å². The summed E-state index contributed by atoms with van der Waals surface area (Å²) in [6.45, 7) is 2.14. The standard InChI is InChI=1S/C15H13FO2/c1-11-6-7-14(16)8-13(11)10-18-15-5-3-2-4-12(15)9-17/h2-9H,10H2,1H3. The second-order valence-electron chi connectivity index (χ2n) is 4.02. The Morgan fingerprint density at radius 1 is 1.22 bits per heavy atom. The van der Waals surface area contributed by atoms with E-state index in [2.05, 4.69) is 0 Å². The van der Waals surface area contributed by atoms with Crippen molar-refractivity contribution in [3.63, 3.8) is 0 Å². The zero-order chi connectivity index (χ0) is 13.0. The zero-order valence-corrected chi connectivity index (χ0v) is 10.0. The van der Waals surface area contributed by atoms with Crippen LogP contribution in [-0.4, -0.2) is 6.29 Å². The first kappa shape index (κ1) is 12.3. The highest BCUT2D eigenvalue weighted by atomic mass is 19.1. The SMILES string of the molecule is Cc1ccc(F)cc1COc1ccccc1C=O. The molecule has 2 nitrogen and oxygen atoms in total. The third-order valence-corrected chi connectivity index (χ3v) is 2.74. The molecule has 0 aliphatic rings. The van der Waals surface area contributed by atoms with Crippen molar-refractivity contribution in [2.24, 2.45) is 0 Å². The van der Waals surface area contributed by atoms with Gasteiger partial charge in [0, 0.05) is 0 Å². The van der Waals surface area contributed by atoms with Gasteiger partial charge in [-0.15, -0.1) is 0 Å². The van der Waals surface area contributed by atoms with Gasteiger partial charge < -0.3 is 4.74 Å². The van der Waals surface area contributed by atoms with Crippen LogP contribution in [0.4, 0.5) is 4.39 Å². The third-order valence-electron chi connectivity index (χ3n) is 2.74. The van der Waals surface area contributed by atoms with Crippen molar-refractivity contribution in [1.82, 2.24) is 0 Å². The highest BCUT2D eigenvalue weighted by Gasteiger charge is 2.04. The smallest absolute Gasteiger partial charge is 0.153 e. The predicted octanol–water partition coefficient (Wildman–Crippen LogP) is 3.53. The predicted molar refractivity (Wildman–Crippen MR) is 67.3 cm³/mol. The highest BCUT2D eigenvalue weighted by Crippen LogP contribution is 2.19. The van der Waals surface area contributed by atoms with Crippen molar-refractivity contribution in [2.75, 3.05) is 0 Å². The number of rotatable bonds is 4. The number of carbonyl (C=O) groups is 1. The van der Waals surface area contributed by atoms with E-state index in [1.807, 2.05) is 6.92 Å². The number of carbonyl (C=O) groups excluding carboxylic acids is 1. The lowest BCUT2D eigenvalue weighted by Crippen LogP contribution is -2.00. The number of halogens is 1. The molecule has 18 heavy (non-hydrogen) atoms. The maximum Gasteiger partial charge on any atom is 0.153 e. The van der Waals surface area contributed by atoms with Crippen LogP contribution in [0.1, 0.15) is 21.5 Å². The van der Waals surface area contributed by atoms with Crippen molar-refractivity contribution < 1.29 is 13.9 Å². The molecule has 0 radical (unpaired) electrons. The molecule has 2 rings (SSSR count). The van der Waals surface area contributed by atoms with Crippen molar-refractivity contribution in [3.8, 4) is 5.75 Å². The van der Waals surface area contributed by atoms with Gasteiger partial charge in [0.2, 0.25) is 0 Å². The third kappa shape index (κ3) is 2.74. The first-order chi connectivity index (χ1) is 8.70. The topological polar surface area (TPSA) is 26.3 Å². The summed E-state index contributed by atoms with van der Waals surface area (Å²) in [5.74, 6) is 0.221. The monoisotopic (exact) mass is 244 g/mol. The van der Waals surface area contributed by atoms with Crippen LogP contribution >= 0.6 is 0 Å². The van der Waals surface area contributed by atoms with Gasteiger partial charge in [-0.05, 0) is 42.3 Å². The van der Waals surface area contributed by atoms with Gasteiger partial charge in [0.15, 0.2) is 6.29 Å². The van der Waals surface area contributed by atoms with Crippen LogP contribution in [0.3, 0.4) is 0 Å². The molecule has 3 heteroatoms. The summed E-state index contributed by atoms with van der Waals surface area (Å²) in [5.41, 5.74) is 2.22. The number of hydrogen-bond acceptors (Lipinski definition) is 2. The molecule has 0 spiro atoms. The van der Waals surface area contributed by atoms with Crippen molar-refractivity contribution >= 4 is 6.29 Å². The fraction of sp³-hybridized carbons (Fsp3) is 0.133. The minimum absolute atomic E-state index is 0.244. The van der Waals surface area contributed by atoms with Crippen molar-refractivity contribution in [1.29, 1.82) is 0 Å². The minimum Gasteiger partial charge on any atom is -0.488 e. The van der Waals surface area contributed by atoms with E-state index in [-0.39, 0.29) is 12.4 Å². The normalized spacial score (nSPS) is 10.1. The number of para-hydroxylation sites is 1. The van der Waals surface area contributed by atoms with Crippen LogP contribution in [0.15, 0.2) is 42.5 Å². The van der Waals surface area contributed by atoms with Crippen LogP contribution in [0, 0.1) is 12.7 Å². The molecular formula is C15H13FO2. The molecule has 2 aromatic rings. The molecule has 0 heterocycles. The average Bonchev–Trinajstić information content (AvgIpc) is 2.40. The number of aldehydes is 1. The zero-order valence-electron chi connectivity index (χ0n) is 10.0. The van der Waals surface area contributed by atoms with E-state index in [0.29, 0.717) is 11.3 Å². The Bertz CT molecular complexity index is 564. The largest absolute Gasteiger partial charge is 0.488 e. The Hall–Kier alpha value is -2.16. The molecule has 0 unspecified atom stereocenters. The highest BCUT2D eigenvalue weighted by molar-refractivity contribution is 5.79. The molecule has 0 bridgehead atoms. The molecule has 0 N–H and O–H groups in total. The van der Waals surface area contributed by atoms with E-state index >= 15 is 0 Å². The van der Waals surface area contributed by atoms with Crippen molar-refractivity contribution in [2.45, 2.75) is 13.5 Å². The van der Waals surface area contributed by atoms with E-state index < -0.39 is 0 Å². The van der Waals surface area contributed by atoms with Crippen LogP contribution < -0.4 is 4.74 Å². The van der Waals surface area contributed by atoms with E-state index in [4.69, 9.17) is 4.74 Å². The molecule has 0 amide bonds. The Balaban J connectivity index is 2.16. The maximum atomic E-state index is 13.1. The van der Waals surface area contributed by atoms with Crippen molar-refractivity contribution in [3.05, 3.63) is 65.0 Å². The van der Waals surface area contributed by atoms with Gasteiger partial charge in [-0.3, -0.25) is 4.79 Å². The summed E-state index contributed by atoms with van der Waals surface area (Å²) in [5, 5.41) is 0. The molecule has 92 valence electrons. The molecule has 0 aliphatic carbocycles. The first-order valence-corrected chi connectivity index (χ1v) is 5.63. The summed E-state index contributed by atoms with van der Waals surface area (Å²) < 4.78 is 18.7. The molecule has 0 aliphatic heterocycles. The fourth-order valence-corrected chi connectivity index (χ4v) is 1.66. The number of ether oxygens (including phenoxy) is 1. The van der Waals surface area contributed by atoms with E-state index in [0.717, 1.165) is 17.4 Å². The first-order valence-electron chi connectivity index (χ1n) is 5.63. The van der Waals surface area contributed by atoms with Gasteiger partial charge in [-0.25, -0.2) is 4.39 Å².